The van der Waals surface area contributed by atoms with Crippen LogP contribution < -0.4 is 0 Å². The molecule has 0 heterocycles. The molecule has 0 aromatic heterocycles. The second-order valence-electron chi connectivity index (χ2n) is 4.42. The lowest BCUT2D eigenvalue weighted by molar-refractivity contribution is 0.450. The van der Waals surface area contributed by atoms with E-state index >= 15 is 0 Å². The highest BCUT2D eigenvalue weighted by Crippen LogP contribution is 2.30. The van der Waals surface area contributed by atoms with E-state index in [1.54, 1.807) is 12.1 Å². The van der Waals surface area contributed by atoms with Crippen LogP contribution in [0.5, 0.6) is 11.5 Å². The molecule has 0 bridgehead atoms. The normalized spacial score (nSPS) is 20.6. The molecule has 0 unspecified atom stereocenters. The molecule has 0 saturated heterocycles. The number of hydrogen-bond acceptors (Lipinski definition) is 2. The van der Waals surface area contributed by atoms with E-state index in [-0.39, 0.29) is 11.5 Å². The molecule has 2 N–H and O–H groups in total. The van der Waals surface area contributed by atoms with Crippen LogP contribution in [0, 0.1) is 0 Å². The van der Waals surface area contributed by atoms with Gasteiger partial charge in [0.25, 0.3) is 0 Å². The van der Waals surface area contributed by atoms with Gasteiger partial charge in [0.15, 0.2) is 0 Å². The predicted octanol–water partition coefficient (Wildman–Crippen LogP) is 3.84. The number of rotatable bonds is 1. The molecule has 0 fully saturated rings. The van der Waals surface area contributed by atoms with Gasteiger partial charge >= 0.3 is 0 Å². The number of allylic oxidation sites excluding steroid dienone is 2. The van der Waals surface area contributed by atoms with Crippen LogP contribution in [0.2, 0.25) is 0 Å². The summed E-state index contributed by atoms with van der Waals surface area (Å²) in [6, 6.07) is 4.83. The van der Waals surface area contributed by atoms with Crippen molar-refractivity contribution in [1.29, 1.82) is 0 Å². The third kappa shape index (κ3) is 2.78. The molecule has 0 atom stereocenters. The minimum absolute atomic E-state index is 0.137. The van der Waals surface area contributed by atoms with Crippen molar-refractivity contribution in [2.45, 2.75) is 38.5 Å². The highest BCUT2D eigenvalue weighted by Gasteiger charge is 2.07. The van der Waals surface area contributed by atoms with Crippen LogP contribution in [-0.2, 0) is 0 Å². The van der Waals surface area contributed by atoms with Gasteiger partial charge in [0.2, 0.25) is 0 Å². The van der Waals surface area contributed by atoms with E-state index < -0.39 is 0 Å². The quantitative estimate of drug-likeness (QED) is 0.752. The molecule has 0 saturated carbocycles. The average Bonchev–Trinajstić information content (AvgIpc) is 2.14. The van der Waals surface area contributed by atoms with Crippen molar-refractivity contribution in [3.05, 3.63) is 29.8 Å². The van der Waals surface area contributed by atoms with E-state index in [1.165, 1.54) is 37.3 Å². The maximum Gasteiger partial charge on any atom is 0.119 e. The van der Waals surface area contributed by atoms with Crippen LogP contribution >= 0.6 is 0 Å². The maximum atomic E-state index is 9.46. The Labute approximate surface area is 96.2 Å². The molecular formula is C14H18O2. The van der Waals surface area contributed by atoms with Gasteiger partial charge in [0.1, 0.15) is 11.5 Å². The molecule has 0 aliphatic heterocycles. The van der Waals surface area contributed by atoms with Crippen LogP contribution in [0.1, 0.15) is 44.1 Å². The highest BCUT2D eigenvalue weighted by molar-refractivity contribution is 5.68. The lowest BCUT2D eigenvalue weighted by Crippen LogP contribution is -1.90. The summed E-state index contributed by atoms with van der Waals surface area (Å²) in [6.07, 6.45) is 9.43. The maximum absolute atomic E-state index is 9.46. The average molecular weight is 218 g/mol. The Balaban J connectivity index is 2.26. The topological polar surface area (TPSA) is 40.5 Å². The molecular weight excluding hydrogens is 200 g/mol. The Morgan fingerprint density at radius 1 is 0.812 bits per heavy atom. The van der Waals surface area contributed by atoms with Gasteiger partial charge in [-0.1, -0.05) is 18.9 Å². The molecule has 1 aliphatic rings. The van der Waals surface area contributed by atoms with Crippen LogP contribution in [0.3, 0.4) is 0 Å². The third-order valence-electron chi connectivity index (χ3n) is 3.06. The second kappa shape index (κ2) is 5.06. The van der Waals surface area contributed by atoms with E-state index in [0.29, 0.717) is 0 Å². The van der Waals surface area contributed by atoms with Gasteiger partial charge in [0.05, 0.1) is 0 Å². The predicted molar refractivity (Wildman–Crippen MR) is 65.5 cm³/mol. The zero-order valence-corrected chi connectivity index (χ0v) is 9.45. The number of phenolic OH excluding ortho intramolecular Hbond substituents is 2. The van der Waals surface area contributed by atoms with E-state index in [4.69, 9.17) is 0 Å². The molecule has 1 aliphatic carbocycles. The van der Waals surface area contributed by atoms with Gasteiger partial charge in [-0.2, -0.15) is 0 Å². The molecule has 0 spiro atoms. The van der Waals surface area contributed by atoms with Gasteiger partial charge < -0.3 is 10.2 Å². The van der Waals surface area contributed by atoms with Crippen LogP contribution in [0.25, 0.3) is 5.57 Å². The molecule has 1 aromatic carbocycles. The monoisotopic (exact) mass is 218 g/mol. The standard InChI is InChI=1S/C14H18O2/c15-13-8-12(9-14(16)10-13)11-6-4-2-1-3-5-7-11/h6,8-10,15-16H,1-5,7H2/b11-6+. The smallest absolute Gasteiger partial charge is 0.119 e. The lowest BCUT2D eigenvalue weighted by Gasteiger charge is -2.12. The zero-order valence-electron chi connectivity index (χ0n) is 9.45. The fraction of sp³-hybridized carbons (Fsp3) is 0.429. The summed E-state index contributed by atoms with van der Waals surface area (Å²) in [6.45, 7) is 0. The summed E-state index contributed by atoms with van der Waals surface area (Å²) in [5.41, 5.74) is 2.21. The van der Waals surface area contributed by atoms with Crippen LogP contribution in [0.15, 0.2) is 24.3 Å². The summed E-state index contributed by atoms with van der Waals surface area (Å²) in [7, 11) is 0. The van der Waals surface area contributed by atoms with Crippen molar-refractivity contribution in [3.8, 4) is 11.5 Å². The van der Waals surface area contributed by atoms with Gasteiger partial charge in [-0.25, -0.2) is 0 Å². The first kappa shape index (κ1) is 11.1. The first-order valence-electron chi connectivity index (χ1n) is 5.98. The van der Waals surface area contributed by atoms with E-state index in [1.807, 2.05) is 0 Å². The van der Waals surface area contributed by atoms with E-state index in [2.05, 4.69) is 6.08 Å². The summed E-state index contributed by atoms with van der Waals surface area (Å²) in [5, 5.41) is 18.9. The minimum Gasteiger partial charge on any atom is -0.508 e. The number of phenols is 2. The summed E-state index contributed by atoms with van der Waals surface area (Å²) in [5.74, 6) is 0.274. The Hall–Kier alpha value is -1.44. The lowest BCUT2D eigenvalue weighted by atomic mass is 9.94. The molecule has 1 aromatic rings. The Kier molecular flexibility index (Phi) is 3.50. The summed E-state index contributed by atoms with van der Waals surface area (Å²) in [4.78, 5) is 0. The van der Waals surface area contributed by atoms with Gasteiger partial charge in [-0.05, 0) is 49.0 Å². The highest BCUT2D eigenvalue weighted by atomic mass is 16.3. The van der Waals surface area contributed by atoms with Crippen molar-refractivity contribution in [1.82, 2.24) is 0 Å². The molecule has 2 rings (SSSR count). The van der Waals surface area contributed by atoms with Crippen molar-refractivity contribution in [3.63, 3.8) is 0 Å². The van der Waals surface area contributed by atoms with Crippen molar-refractivity contribution in [2.24, 2.45) is 0 Å². The molecule has 16 heavy (non-hydrogen) atoms. The fourth-order valence-corrected chi connectivity index (χ4v) is 2.23. The summed E-state index contributed by atoms with van der Waals surface area (Å²) >= 11 is 0. The van der Waals surface area contributed by atoms with Crippen LogP contribution in [-0.4, -0.2) is 10.2 Å². The number of hydrogen-bond donors (Lipinski definition) is 2. The number of benzene rings is 1. The van der Waals surface area contributed by atoms with Crippen molar-refractivity contribution >= 4 is 5.57 Å². The second-order valence-corrected chi connectivity index (χ2v) is 4.42. The Morgan fingerprint density at radius 2 is 1.50 bits per heavy atom. The fourth-order valence-electron chi connectivity index (χ4n) is 2.23. The molecule has 0 radical (unpaired) electrons. The Morgan fingerprint density at radius 3 is 2.25 bits per heavy atom. The largest absolute Gasteiger partial charge is 0.508 e. The van der Waals surface area contributed by atoms with E-state index in [9.17, 15) is 10.2 Å². The molecule has 86 valence electrons. The first-order valence-corrected chi connectivity index (χ1v) is 5.98. The SMILES string of the molecule is Oc1cc(O)cc(/C2=C/CCCCCC2)c1. The van der Waals surface area contributed by atoms with E-state index in [0.717, 1.165) is 18.4 Å². The third-order valence-corrected chi connectivity index (χ3v) is 3.06. The molecule has 2 heteroatoms. The summed E-state index contributed by atoms with van der Waals surface area (Å²) < 4.78 is 0. The van der Waals surface area contributed by atoms with Gasteiger partial charge in [0, 0.05) is 6.07 Å². The minimum atomic E-state index is 0.137. The molecule has 0 amide bonds. The van der Waals surface area contributed by atoms with Crippen LogP contribution in [0.4, 0.5) is 0 Å². The zero-order chi connectivity index (χ0) is 11.4. The van der Waals surface area contributed by atoms with Gasteiger partial charge in [-0.15, -0.1) is 0 Å². The first-order chi connectivity index (χ1) is 7.75. The Bertz CT molecular complexity index is 373. The van der Waals surface area contributed by atoms with Crippen molar-refractivity contribution in [2.75, 3.05) is 0 Å². The number of aromatic hydroxyl groups is 2. The van der Waals surface area contributed by atoms with Crippen molar-refractivity contribution < 1.29 is 10.2 Å². The molecule has 2 nitrogen and oxygen atoms in total. The van der Waals surface area contributed by atoms with Gasteiger partial charge in [-0.3, -0.25) is 0 Å².